The van der Waals surface area contributed by atoms with Gasteiger partial charge in [-0.05, 0) is 49.7 Å². The first kappa shape index (κ1) is 23.0. The fraction of sp³-hybridized carbons (Fsp3) is 0.458. The Morgan fingerprint density at radius 3 is 2.88 bits per heavy atom. The molecule has 0 fully saturated rings. The summed E-state index contributed by atoms with van der Waals surface area (Å²) in [5.41, 5.74) is 2.42. The quantitative estimate of drug-likeness (QED) is 0.276. The van der Waals surface area contributed by atoms with Crippen LogP contribution in [0.15, 0.2) is 40.3 Å². The fourth-order valence-electron chi connectivity index (χ4n) is 4.04. The van der Waals surface area contributed by atoms with Crippen LogP contribution in [0.25, 0.3) is 10.2 Å². The number of benzene rings is 1. The van der Waals surface area contributed by atoms with E-state index in [4.69, 9.17) is 9.72 Å². The summed E-state index contributed by atoms with van der Waals surface area (Å²) in [6.45, 7) is 1.75. The second-order valence-corrected chi connectivity index (χ2v) is 9.99. The molecule has 0 aliphatic heterocycles. The van der Waals surface area contributed by atoms with Gasteiger partial charge >= 0.3 is 0 Å². The van der Waals surface area contributed by atoms with E-state index in [9.17, 15) is 9.59 Å². The van der Waals surface area contributed by atoms with Gasteiger partial charge in [0, 0.05) is 31.7 Å². The van der Waals surface area contributed by atoms with E-state index in [1.165, 1.54) is 34.2 Å². The number of fused-ring (bicyclic) bond motifs is 3. The second-order valence-electron chi connectivity index (χ2n) is 7.96. The molecular weight excluding hydrogens is 442 g/mol. The van der Waals surface area contributed by atoms with Crippen molar-refractivity contribution in [1.29, 1.82) is 0 Å². The Morgan fingerprint density at radius 2 is 2.06 bits per heavy atom. The first-order chi connectivity index (χ1) is 15.7. The molecule has 32 heavy (non-hydrogen) atoms. The summed E-state index contributed by atoms with van der Waals surface area (Å²) in [5, 5.41) is 4.33. The molecule has 170 valence electrons. The zero-order valence-electron chi connectivity index (χ0n) is 18.4. The highest BCUT2D eigenvalue weighted by molar-refractivity contribution is 7.99. The van der Waals surface area contributed by atoms with E-state index >= 15 is 0 Å². The topological polar surface area (TPSA) is 73.2 Å². The zero-order valence-corrected chi connectivity index (χ0v) is 20.0. The average molecular weight is 472 g/mol. The van der Waals surface area contributed by atoms with E-state index in [1.807, 2.05) is 18.2 Å². The maximum absolute atomic E-state index is 13.6. The van der Waals surface area contributed by atoms with Gasteiger partial charge in [-0.1, -0.05) is 42.1 Å². The van der Waals surface area contributed by atoms with Gasteiger partial charge in [0.2, 0.25) is 5.91 Å². The predicted molar refractivity (Wildman–Crippen MR) is 131 cm³/mol. The van der Waals surface area contributed by atoms with Crippen LogP contribution >= 0.6 is 23.1 Å². The highest BCUT2D eigenvalue weighted by Crippen LogP contribution is 2.34. The van der Waals surface area contributed by atoms with Gasteiger partial charge in [-0.25, -0.2) is 4.98 Å². The van der Waals surface area contributed by atoms with Gasteiger partial charge in [-0.3, -0.25) is 14.2 Å². The lowest BCUT2D eigenvalue weighted by atomic mass is 9.97. The normalized spacial score (nSPS) is 13.3. The van der Waals surface area contributed by atoms with Gasteiger partial charge in [-0.15, -0.1) is 11.3 Å². The number of carbonyl (C=O) groups excluding carboxylic acids is 1. The number of nitrogens with zero attached hydrogens (tertiary/aromatic N) is 2. The number of aryl methyl sites for hydroxylation is 3. The van der Waals surface area contributed by atoms with E-state index in [2.05, 4.69) is 17.4 Å². The average Bonchev–Trinajstić information content (AvgIpc) is 3.19. The first-order valence-electron chi connectivity index (χ1n) is 11.1. The van der Waals surface area contributed by atoms with E-state index in [0.717, 1.165) is 42.3 Å². The Hall–Kier alpha value is -2.16. The Kier molecular flexibility index (Phi) is 8.00. The molecule has 0 spiro atoms. The van der Waals surface area contributed by atoms with E-state index in [-0.39, 0.29) is 17.2 Å². The number of methoxy groups -OCH3 is 1. The van der Waals surface area contributed by atoms with Gasteiger partial charge in [0.25, 0.3) is 5.56 Å². The minimum absolute atomic E-state index is 0.0355. The Labute approximate surface area is 196 Å². The van der Waals surface area contributed by atoms with Gasteiger partial charge in [0.05, 0.1) is 11.1 Å². The third-order valence-electron chi connectivity index (χ3n) is 5.69. The molecule has 2 aromatic heterocycles. The van der Waals surface area contributed by atoms with Crippen LogP contribution in [0.5, 0.6) is 0 Å². The second kappa shape index (κ2) is 11.1. The molecule has 1 aliphatic carbocycles. The zero-order chi connectivity index (χ0) is 22.3. The number of carbonyl (C=O) groups is 1. The predicted octanol–water partition coefficient (Wildman–Crippen LogP) is 3.82. The summed E-state index contributed by atoms with van der Waals surface area (Å²) < 4.78 is 6.79. The van der Waals surface area contributed by atoms with Gasteiger partial charge in [0.1, 0.15) is 4.83 Å². The van der Waals surface area contributed by atoms with Crippen LogP contribution in [-0.2, 0) is 35.3 Å². The summed E-state index contributed by atoms with van der Waals surface area (Å²) in [6.07, 6.45) is 5.82. The molecule has 1 aromatic carbocycles. The van der Waals surface area contributed by atoms with Crippen molar-refractivity contribution in [3.8, 4) is 0 Å². The SMILES string of the molecule is COCCCNC(=O)CSc1nc2sc3c(c2c(=O)n1CCc1ccccc1)CCCC3. The van der Waals surface area contributed by atoms with Crippen LogP contribution in [0, 0.1) is 0 Å². The van der Waals surface area contributed by atoms with E-state index in [1.54, 1.807) is 23.0 Å². The van der Waals surface area contributed by atoms with Gasteiger partial charge in [0.15, 0.2) is 5.16 Å². The molecule has 1 amide bonds. The molecule has 1 aliphatic rings. The third-order valence-corrected chi connectivity index (χ3v) is 7.85. The number of ether oxygens (including phenoxy) is 1. The summed E-state index contributed by atoms with van der Waals surface area (Å²) >= 11 is 3.00. The first-order valence-corrected chi connectivity index (χ1v) is 12.9. The number of hydrogen-bond donors (Lipinski definition) is 1. The summed E-state index contributed by atoms with van der Waals surface area (Å²) in [6, 6.07) is 10.2. The Bertz CT molecular complexity index is 1120. The molecule has 0 saturated carbocycles. The molecule has 0 radical (unpaired) electrons. The number of nitrogens with one attached hydrogen (secondary N) is 1. The minimum atomic E-state index is -0.0551. The van der Waals surface area contributed by atoms with Gasteiger partial charge in [-0.2, -0.15) is 0 Å². The molecule has 0 saturated heterocycles. The smallest absolute Gasteiger partial charge is 0.263 e. The highest BCUT2D eigenvalue weighted by atomic mass is 32.2. The van der Waals surface area contributed by atoms with Crippen LogP contribution in [0.2, 0.25) is 0 Å². The highest BCUT2D eigenvalue weighted by Gasteiger charge is 2.22. The van der Waals surface area contributed by atoms with Crippen molar-refractivity contribution >= 4 is 39.2 Å². The van der Waals surface area contributed by atoms with Crippen LogP contribution in [0.1, 0.15) is 35.3 Å². The van der Waals surface area contributed by atoms with Crippen LogP contribution < -0.4 is 10.9 Å². The maximum Gasteiger partial charge on any atom is 0.263 e. The van der Waals surface area contributed by atoms with Crippen molar-refractivity contribution in [2.75, 3.05) is 26.0 Å². The number of amides is 1. The number of thiophene rings is 1. The molecule has 3 aromatic rings. The standard InChI is InChI=1S/C24H29N3O3S2/c1-30-15-7-13-25-20(28)16-31-24-26-22-21(18-10-5-6-11-19(18)32-22)23(29)27(24)14-12-17-8-3-2-4-9-17/h2-4,8-9H,5-7,10-16H2,1H3,(H,25,28). The molecule has 4 rings (SSSR count). The number of rotatable bonds is 10. The molecule has 1 N–H and O–H groups in total. The molecule has 0 unspecified atom stereocenters. The van der Waals surface area contributed by atoms with Crippen LogP contribution in [0.4, 0.5) is 0 Å². The summed E-state index contributed by atoms with van der Waals surface area (Å²) in [7, 11) is 1.65. The molecule has 0 bridgehead atoms. The Morgan fingerprint density at radius 1 is 1.25 bits per heavy atom. The van der Waals surface area contributed by atoms with Crippen LogP contribution in [0.3, 0.4) is 0 Å². The number of aromatic nitrogens is 2. The molecule has 8 heteroatoms. The number of thioether (sulfide) groups is 1. The lowest BCUT2D eigenvalue weighted by molar-refractivity contribution is -0.118. The van der Waals surface area contributed by atoms with Crippen molar-refractivity contribution in [3.05, 3.63) is 56.7 Å². The number of hydrogen-bond acceptors (Lipinski definition) is 6. The Balaban J connectivity index is 1.59. The van der Waals surface area contributed by atoms with E-state index < -0.39 is 0 Å². The summed E-state index contributed by atoms with van der Waals surface area (Å²) in [4.78, 5) is 32.9. The van der Waals surface area contributed by atoms with E-state index in [0.29, 0.717) is 24.9 Å². The lowest BCUT2D eigenvalue weighted by Gasteiger charge is -2.14. The maximum atomic E-state index is 13.6. The summed E-state index contributed by atoms with van der Waals surface area (Å²) in [5.74, 6) is 0.182. The van der Waals surface area contributed by atoms with Crippen molar-refractivity contribution in [2.24, 2.45) is 0 Å². The molecule has 6 nitrogen and oxygen atoms in total. The van der Waals surface area contributed by atoms with Crippen LogP contribution in [-0.4, -0.2) is 41.5 Å². The van der Waals surface area contributed by atoms with Crippen molar-refractivity contribution in [3.63, 3.8) is 0 Å². The van der Waals surface area contributed by atoms with Crippen molar-refractivity contribution in [2.45, 2.75) is 50.2 Å². The third kappa shape index (κ3) is 5.42. The lowest BCUT2D eigenvalue weighted by Crippen LogP contribution is -2.28. The largest absolute Gasteiger partial charge is 0.385 e. The molecule has 0 atom stereocenters. The van der Waals surface area contributed by atoms with Gasteiger partial charge < -0.3 is 10.1 Å². The fourth-order valence-corrected chi connectivity index (χ4v) is 6.20. The van der Waals surface area contributed by atoms with Crippen molar-refractivity contribution in [1.82, 2.24) is 14.9 Å². The molecule has 2 heterocycles. The molecular formula is C24H29N3O3S2. The minimum Gasteiger partial charge on any atom is -0.385 e. The monoisotopic (exact) mass is 471 g/mol. The van der Waals surface area contributed by atoms with Crippen molar-refractivity contribution < 1.29 is 9.53 Å².